The highest BCUT2D eigenvalue weighted by molar-refractivity contribution is 5.91. The molecule has 0 unspecified atom stereocenters. The number of nitrogens with one attached hydrogen (secondary N) is 1. The van der Waals surface area contributed by atoms with Crippen LogP contribution in [-0.2, 0) is 20.7 Å². The number of rotatable bonds is 7. The molecule has 0 saturated heterocycles. The van der Waals surface area contributed by atoms with Crippen LogP contribution in [0.1, 0.15) is 11.3 Å². The van der Waals surface area contributed by atoms with Crippen molar-refractivity contribution in [3.63, 3.8) is 0 Å². The number of hydrogen-bond acceptors (Lipinski definition) is 3. The molecule has 1 heterocycles. The lowest BCUT2D eigenvalue weighted by molar-refractivity contribution is -0.144. The topological polar surface area (TPSA) is 82.6 Å². The van der Waals surface area contributed by atoms with Gasteiger partial charge < -0.3 is 19.7 Å². The maximum Gasteiger partial charge on any atom is 0.323 e. The zero-order valence-corrected chi connectivity index (χ0v) is 13.1. The van der Waals surface area contributed by atoms with Crippen LogP contribution in [0.15, 0.2) is 18.2 Å². The minimum absolute atomic E-state index is 0.00623. The maximum atomic E-state index is 13.5. The molecule has 0 spiro atoms. The summed E-state index contributed by atoms with van der Waals surface area (Å²) < 4.78 is 18.4. The third kappa shape index (κ3) is 4.07. The van der Waals surface area contributed by atoms with Gasteiger partial charge in [0.1, 0.15) is 12.4 Å². The van der Waals surface area contributed by atoms with Crippen LogP contribution >= 0.6 is 0 Å². The van der Waals surface area contributed by atoms with E-state index >= 15 is 0 Å². The summed E-state index contributed by atoms with van der Waals surface area (Å²) in [4.78, 5) is 27.7. The molecule has 23 heavy (non-hydrogen) atoms. The van der Waals surface area contributed by atoms with Crippen molar-refractivity contribution in [1.29, 1.82) is 0 Å². The summed E-state index contributed by atoms with van der Waals surface area (Å²) in [6.45, 7) is 1.85. The Morgan fingerprint density at radius 3 is 2.78 bits per heavy atom. The van der Waals surface area contributed by atoms with Gasteiger partial charge in [0, 0.05) is 30.3 Å². The molecule has 6 nitrogen and oxygen atoms in total. The van der Waals surface area contributed by atoms with Crippen LogP contribution in [-0.4, -0.2) is 53.7 Å². The first-order valence-corrected chi connectivity index (χ1v) is 7.17. The van der Waals surface area contributed by atoms with Crippen LogP contribution in [0.4, 0.5) is 4.39 Å². The van der Waals surface area contributed by atoms with Gasteiger partial charge in [0.2, 0.25) is 5.91 Å². The van der Waals surface area contributed by atoms with Crippen molar-refractivity contribution in [2.24, 2.45) is 0 Å². The second kappa shape index (κ2) is 7.23. The summed E-state index contributed by atoms with van der Waals surface area (Å²) in [6, 6.07) is 4.34. The quantitative estimate of drug-likeness (QED) is 0.813. The van der Waals surface area contributed by atoms with E-state index < -0.39 is 12.5 Å². The molecule has 2 aromatic rings. The maximum absolute atomic E-state index is 13.5. The van der Waals surface area contributed by atoms with Crippen LogP contribution < -0.4 is 0 Å². The number of carboxylic acids is 1. The Morgan fingerprint density at radius 2 is 2.13 bits per heavy atom. The number of methoxy groups -OCH3 is 1. The SMILES string of the molecule is COCCN(CC(=O)O)C(=O)Cc1c(C)[nH]c2ccc(F)cc12. The Kier molecular flexibility index (Phi) is 5.33. The number of H-pyrrole nitrogens is 1. The van der Waals surface area contributed by atoms with Crippen molar-refractivity contribution in [3.05, 3.63) is 35.3 Å². The summed E-state index contributed by atoms with van der Waals surface area (Å²) in [5, 5.41) is 9.57. The normalized spacial score (nSPS) is 10.9. The monoisotopic (exact) mass is 322 g/mol. The fourth-order valence-electron chi connectivity index (χ4n) is 2.50. The van der Waals surface area contributed by atoms with Gasteiger partial charge in [-0.3, -0.25) is 9.59 Å². The average Bonchev–Trinajstić information content (AvgIpc) is 2.79. The zero-order valence-electron chi connectivity index (χ0n) is 13.1. The number of hydrogen-bond donors (Lipinski definition) is 2. The number of aromatic amines is 1. The van der Waals surface area contributed by atoms with Crippen LogP contribution in [0, 0.1) is 12.7 Å². The standard InChI is InChI=1S/C16H19FN2O4/c1-10-12(13-7-11(17)3-4-14(13)18-10)8-15(20)19(5-6-23-2)9-16(21)22/h3-4,7,18H,5-6,8-9H2,1-2H3,(H,21,22). The second-order valence-electron chi connectivity index (χ2n) is 5.30. The van der Waals surface area contributed by atoms with Crippen LogP contribution in [0.3, 0.4) is 0 Å². The van der Waals surface area contributed by atoms with E-state index in [-0.39, 0.29) is 31.3 Å². The minimum Gasteiger partial charge on any atom is -0.480 e. The van der Waals surface area contributed by atoms with Crippen LogP contribution in [0.2, 0.25) is 0 Å². The number of ether oxygens (including phenoxy) is 1. The fourth-order valence-corrected chi connectivity index (χ4v) is 2.50. The van der Waals surface area contributed by atoms with E-state index in [0.717, 1.165) is 11.2 Å². The van der Waals surface area contributed by atoms with Crippen molar-refractivity contribution >= 4 is 22.8 Å². The molecule has 0 saturated carbocycles. The highest BCUT2D eigenvalue weighted by atomic mass is 19.1. The van der Waals surface area contributed by atoms with Gasteiger partial charge in [-0.25, -0.2) is 4.39 Å². The molecule has 1 aromatic heterocycles. The molecule has 124 valence electrons. The fraction of sp³-hybridized carbons (Fsp3) is 0.375. The smallest absolute Gasteiger partial charge is 0.323 e. The van der Waals surface area contributed by atoms with Crippen molar-refractivity contribution in [2.75, 3.05) is 26.8 Å². The third-order valence-electron chi connectivity index (χ3n) is 3.65. The van der Waals surface area contributed by atoms with E-state index in [1.807, 2.05) is 0 Å². The molecule has 1 aromatic carbocycles. The highest BCUT2D eigenvalue weighted by Crippen LogP contribution is 2.24. The van der Waals surface area contributed by atoms with Gasteiger partial charge in [-0.05, 0) is 30.7 Å². The van der Waals surface area contributed by atoms with E-state index in [4.69, 9.17) is 9.84 Å². The molecule has 0 fully saturated rings. The van der Waals surface area contributed by atoms with Crippen molar-refractivity contribution in [1.82, 2.24) is 9.88 Å². The lowest BCUT2D eigenvalue weighted by Crippen LogP contribution is -2.39. The molecule has 2 rings (SSSR count). The van der Waals surface area contributed by atoms with Gasteiger partial charge in [-0.15, -0.1) is 0 Å². The molecule has 0 radical (unpaired) electrons. The number of carbonyl (C=O) groups is 2. The lowest BCUT2D eigenvalue weighted by Gasteiger charge is -2.20. The van der Waals surface area contributed by atoms with E-state index in [1.54, 1.807) is 13.0 Å². The Balaban J connectivity index is 2.25. The van der Waals surface area contributed by atoms with E-state index in [2.05, 4.69) is 4.98 Å². The first-order valence-electron chi connectivity index (χ1n) is 7.17. The number of fused-ring (bicyclic) bond motifs is 1. The number of nitrogens with zero attached hydrogens (tertiary/aromatic N) is 1. The summed E-state index contributed by atoms with van der Waals surface area (Å²) in [6.07, 6.45) is 0.00623. The molecule has 2 N–H and O–H groups in total. The average molecular weight is 322 g/mol. The van der Waals surface area contributed by atoms with Gasteiger partial charge in [0.25, 0.3) is 0 Å². The van der Waals surface area contributed by atoms with Gasteiger partial charge in [-0.1, -0.05) is 0 Å². The van der Waals surface area contributed by atoms with Gasteiger partial charge in [0.05, 0.1) is 13.0 Å². The molecule has 7 heteroatoms. The Morgan fingerprint density at radius 1 is 1.39 bits per heavy atom. The zero-order chi connectivity index (χ0) is 17.0. The number of carbonyl (C=O) groups excluding carboxylic acids is 1. The van der Waals surface area contributed by atoms with E-state index in [1.165, 1.54) is 24.1 Å². The predicted octanol–water partition coefficient (Wildman–Crippen LogP) is 1.72. The molecule has 0 aliphatic rings. The number of amides is 1. The van der Waals surface area contributed by atoms with Crippen molar-refractivity contribution in [3.8, 4) is 0 Å². The Bertz CT molecular complexity index is 726. The minimum atomic E-state index is -1.09. The predicted molar refractivity (Wildman–Crippen MR) is 82.8 cm³/mol. The number of benzene rings is 1. The Hall–Kier alpha value is -2.41. The molecular weight excluding hydrogens is 303 g/mol. The van der Waals surface area contributed by atoms with E-state index in [0.29, 0.717) is 10.9 Å². The van der Waals surface area contributed by atoms with Crippen LogP contribution in [0.25, 0.3) is 10.9 Å². The Labute approximate surface area is 132 Å². The van der Waals surface area contributed by atoms with Gasteiger partial charge in [-0.2, -0.15) is 0 Å². The van der Waals surface area contributed by atoms with Crippen LogP contribution in [0.5, 0.6) is 0 Å². The number of carboxylic acid groups (broad SMARTS) is 1. The summed E-state index contributed by atoms with van der Waals surface area (Å²) in [5.74, 6) is -1.80. The van der Waals surface area contributed by atoms with Gasteiger partial charge >= 0.3 is 5.97 Å². The molecule has 1 amide bonds. The number of aryl methyl sites for hydroxylation is 1. The summed E-state index contributed by atoms with van der Waals surface area (Å²) in [7, 11) is 1.48. The second-order valence-corrected chi connectivity index (χ2v) is 5.30. The first kappa shape index (κ1) is 17.0. The van der Waals surface area contributed by atoms with Crippen molar-refractivity contribution in [2.45, 2.75) is 13.3 Å². The first-order chi connectivity index (χ1) is 10.9. The molecule has 0 bridgehead atoms. The summed E-state index contributed by atoms with van der Waals surface area (Å²) in [5.41, 5.74) is 2.19. The molecular formula is C16H19FN2O4. The largest absolute Gasteiger partial charge is 0.480 e. The lowest BCUT2D eigenvalue weighted by atomic mass is 10.1. The van der Waals surface area contributed by atoms with Crippen molar-refractivity contribution < 1.29 is 23.8 Å². The third-order valence-corrected chi connectivity index (χ3v) is 3.65. The molecule has 0 aliphatic heterocycles. The van der Waals surface area contributed by atoms with E-state index in [9.17, 15) is 14.0 Å². The molecule has 0 atom stereocenters. The highest BCUT2D eigenvalue weighted by Gasteiger charge is 2.20. The molecule has 0 aliphatic carbocycles. The van der Waals surface area contributed by atoms with Gasteiger partial charge in [0.15, 0.2) is 0 Å². The number of aliphatic carboxylic acids is 1. The number of halogens is 1. The summed E-state index contributed by atoms with van der Waals surface area (Å²) >= 11 is 0. The number of aromatic nitrogens is 1.